The van der Waals surface area contributed by atoms with Gasteiger partial charge in [-0.3, -0.25) is 19.3 Å². The van der Waals surface area contributed by atoms with Crippen LogP contribution >= 0.6 is 0 Å². The highest BCUT2D eigenvalue weighted by molar-refractivity contribution is 5.89. The molecule has 0 aromatic heterocycles. The molecule has 168 valence electrons. The van der Waals surface area contributed by atoms with Crippen LogP contribution in [0.5, 0.6) is 0 Å². The number of ether oxygens (including phenoxy) is 2. The molecule has 2 fully saturated rings. The van der Waals surface area contributed by atoms with Crippen LogP contribution in [0.2, 0.25) is 0 Å². The number of esters is 1. The van der Waals surface area contributed by atoms with E-state index in [4.69, 9.17) is 9.47 Å². The number of anilines is 1. The number of amides is 3. The highest BCUT2D eigenvalue weighted by Gasteiger charge is 2.33. The van der Waals surface area contributed by atoms with Crippen LogP contribution in [0.3, 0.4) is 0 Å². The Morgan fingerprint density at radius 1 is 1.23 bits per heavy atom. The minimum atomic E-state index is -0.581. The molecule has 1 N–H and O–H groups in total. The number of cyclic esters (lactones) is 1. The number of hydrogen-bond acceptors (Lipinski definition) is 6. The summed E-state index contributed by atoms with van der Waals surface area (Å²) < 4.78 is 24.8. The minimum Gasteiger partial charge on any atom is -0.456 e. The number of benzene rings is 1. The third kappa shape index (κ3) is 5.71. The van der Waals surface area contributed by atoms with Gasteiger partial charge >= 0.3 is 12.1 Å². The molecule has 0 bridgehead atoms. The van der Waals surface area contributed by atoms with Crippen molar-refractivity contribution in [1.29, 1.82) is 0 Å². The second-order valence-corrected chi connectivity index (χ2v) is 7.69. The van der Waals surface area contributed by atoms with Crippen molar-refractivity contribution in [2.45, 2.75) is 38.7 Å². The maximum atomic E-state index is 14.9. The van der Waals surface area contributed by atoms with Crippen molar-refractivity contribution in [3.63, 3.8) is 0 Å². The summed E-state index contributed by atoms with van der Waals surface area (Å²) in [5.41, 5.74) is 0.934. The average Bonchev–Trinajstić information content (AvgIpc) is 3.11. The third-order valence-corrected chi connectivity index (χ3v) is 5.43. The molecule has 1 aromatic rings. The van der Waals surface area contributed by atoms with Gasteiger partial charge in [-0.2, -0.15) is 0 Å². The molecule has 0 unspecified atom stereocenters. The van der Waals surface area contributed by atoms with Gasteiger partial charge in [0, 0.05) is 26.9 Å². The Morgan fingerprint density at radius 3 is 2.55 bits per heavy atom. The van der Waals surface area contributed by atoms with E-state index < -0.39 is 24.0 Å². The van der Waals surface area contributed by atoms with Crippen LogP contribution < -0.4 is 10.2 Å². The number of hydrogen-bond donors (Lipinski definition) is 1. The summed E-state index contributed by atoms with van der Waals surface area (Å²) in [6.07, 6.45) is 0.106. The lowest BCUT2D eigenvalue weighted by atomic mass is 9.89. The van der Waals surface area contributed by atoms with E-state index >= 15 is 0 Å². The van der Waals surface area contributed by atoms with Gasteiger partial charge in [-0.15, -0.1) is 0 Å². The predicted molar refractivity (Wildman–Crippen MR) is 108 cm³/mol. The van der Waals surface area contributed by atoms with Crippen molar-refractivity contribution in [2.24, 2.45) is 0 Å². The minimum absolute atomic E-state index is 0.0510. The van der Waals surface area contributed by atoms with E-state index in [2.05, 4.69) is 5.32 Å². The Hall–Kier alpha value is -3.17. The molecule has 0 saturated carbocycles. The van der Waals surface area contributed by atoms with Gasteiger partial charge in [-0.05, 0) is 36.5 Å². The van der Waals surface area contributed by atoms with E-state index in [1.165, 1.54) is 24.8 Å². The molecule has 2 heterocycles. The van der Waals surface area contributed by atoms with Gasteiger partial charge in [0.05, 0.1) is 18.8 Å². The Balaban J connectivity index is 1.58. The SMILES string of the molecule is CC(=O)NC[C@H]1CN(c2ccc(C3CCN(C(=O)COC(C)=O)CC3)c(F)c2)C(=O)O1. The lowest BCUT2D eigenvalue weighted by Crippen LogP contribution is -2.40. The molecule has 0 spiro atoms. The number of nitrogens with zero attached hydrogens (tertiary/aromatic N) is 2. The number of halogens is 1. The zero-order valence-corrected chi connectivity index (χ0v) is 17.6. The average molecular weight is 435 g/mol. The van der Waals surface area contributed by atoms with Crippen LogP contribution in [0.4, 0.5) is 14.9 Å². The number of likely N-dealkylation sites (tertiary alicyclic amines) is 1. The van der Waals surface area contributed by atoms with E-state index in [9.17, 15) is 23.6 Å². The van der Waals surface area contributed by atoms with E-state index in [0.717, 1.165) is 0 Å². The van der Waals surface area contributed by atoms with Crippen LogP contribution in [0, 0.1) is 5.82 Å². The molecule has 2 saturated heterocycles. The standard InChI is InChI=1S/C21H26FN3O6/c1-13(26)23-10-17-11-25(21(29)31-17)16-3-4-18(19(22)9-16)15-5-7-24(8-6-15)20(28)12-30-14(2)27/h3-4,9,15,17H,5-8,10-12H2,1-2H3,(H,23,26)/t17-/m0/s1. The molecule has 2 aliphatic rings. The van der Waals surface area contributed by atoms with Crippen LogP contribution in [0.1, 0.15) is 38.2 Å². The van der Waals surface area contributed by atoms with E-state index in [1.807, 2.05) is 0 Å². The fraction of sp³-hybridized carbons (Fsp3) is 0.524. The normalized spacial score (nSPS) is 19.2. The summed E-state index contributed by atoms with van der Waals surface area (Å²) in [6, 6.07) is 4.66. The quantitative estimate of drug-likeness (QED) is 0.680. The first-order valence-corrected chi connectivity index (χ1v) is 10.2. The van der Waals surface area contributed by atoms with Crippen molar-refractivity contribution >= 4 is 29.6 Å². The van der Waals surface area contributed by atoms with Crippen LogP contribution in [-0.2, 0) is 23.9 Å². The van der Waals surface area contributed by atoms with Gasteiger partial charge in [0.25, 0.3) is 5.91 Å². The summed E-state index contributed by atoms with van der Waals surface area (Å²) in [6.45, 7) is 3.68. The van der Waals surface area contributed by atoms with E-state index in [1.54, 1.807) is 17.0 Å². The topological polar surface area (TPSA) is 105 Å². The first kappa shape index (κ1) is 22.5. The molecule has 0 aliphatic carbocycles. The molecule has 1 atom stereocenters. The van der Waals surface area contributed by atoms with Gasteiger partial charge in [0.2, 0.25) is 5.91 Å². The van der Waals surface area contributed by atoms with Crippen LogP contribution in [-0.4, -0.2) is 67.7 Å². The van der Waals surface area contributed by atoms with Crippen LogP contribution in [0.25, 0.3) is 0 Å². The molecule has 0 radical (unpaired) electrons. The first-order chi connectivity index (χ1) is 14.7. The second-order valence-electron chi connectivity index (χ2n) is 7.69. The smallest absolute Gasteiger partial charge is 0.414 e. The highest BCUT2D eigenvalue weighted by Crippen LogP contribution is 2.32. The Labute approximate surface area is 179 Å². The van der Waals surface area contributed by atoms with Crippen molar-refractivity contribution in [2.75, 3.05) is 37.7 Å². The molecule has 31 heavy (non-hydrogen) atoms. The maximum Gasteiger partial charge on any atom is 0.414 e. The van der Waals surface area contributed by atoms with E-state index in [0.29, 0.717) is 37.2 Å². The van der Waals surface area contributed by atoms with Gasteiger partial charge in [-0.1, -0.05) is 6.07 Å². The third-order valence-electron chi connectivity index (χ3n) is 5.43. The largest absolute Gasteiger partial charge is 0.456 e. The first-order valence-electron chi connectivity index (χ1n) is 10.2. The number of carbonyl (C=O) groups excluding carboxylic acids is 4. The lowest BCUT2D eigenvalue weighted by Gasteiger charge is -2.32. The highest BCUT2D eigenvalue weighted by atomic mass is 19.1. The van der Waals surface area contributed by atoms with Crippen molar-refractivity contribution in [3.05, 3.63) is 29.6 Å². The predicted octanol–water partition coefficient (Wildman–Crippen LogP) is 1.56. The zero-order valence-electron chi connectivity index (χ0n) is 17.6. The van der Waals surface area contributed by atoms with Gasteiger partial charge in [-0.25, -0.2) is 9.18 Å². The van der Waals surface area contributed by atoms with Crippen molar-refractivity contribution in [3.8, 4) is 0 Å². The lowest BCUT2D eigenvalue weighted by molar-refractivity contribution is -0.150. The number of piperidine rings is 1. The monoisotopic (exact) mass is 435 g/mol. The molecule has 1 aromatic carbocycles. The summed E-state index contributed by atoms with van der Waals surface area (Å²) in [4.78, 5) is 49.0. The zero-order chi connectivity index (χ0) is 22.5. The fourth-order valence-electron chi connectivity index (χ4n) is 3.81. The summed E-state index contributed by atoms with van der Waals surface area (Å²) in [5.74, 6) is -1.45. The molecule has 3 amide bonds. The molecule has 9 nitrogen and oxygen atoms in total. The summed E-state index contributed by atoms with van der Waals surface area (Å²) in [7, 11) is 0. The summed E-state index contributed by atoms with van der Waals surface area (Å²) >= 11 is 0. The number of rotatable bonds is 6. The molecular formula is C21H26FN3O6. The second kappa shape index (κ2) is 9.76. The van der Waals surface area contributed by atoms with Gasteiger partial charge in [0.1, 0.15) is 11.9 Å². The Kier molecular flexibility index (Phi) is 7.09. The molecule has 3 rings (SSSR count). The maximum absolute atomic E-state index is 14.9. The number of carbonyl (C=O) groups is 4. The molecule has 10 heteroatoms. The van der Waals surface area contributed by atoms with E-state index in [-0.39, 0.29) is 37.4 Å². The van der Waals surface area contributed by atoms with Crippen LogP contribution in [0.15, 0.2) is 18.2 Å². The van der Waals surface area contributed by atoms with Crippen molar-refractivity contribution in [1.82, 2.24) is 10.2 Å². The van der Waals surface area contributed by atoms with Crippen molar-refractivity contribution < 1.29 is 33.0 Å². The van der Waals surface area contributed by atoms with Gasteiger partial charge < -0.3 is 19.7 Å². The van der Waals surface area contributed by atoms with Gasteiger partial charge in [0.15, 0.2) is 6.61 Å². The number of nitrogens with one attached hydrogen (secondary N) is 1. The fourth-order valence-corrected chi connectivity index (χ4v) is 3.81. The Bertz CT molecular complexity index is 869. The molecular weight excluding hydrogens is 409 g/mol. The Morgan fingerprint density at radius 2 is 1.94 bits per heavy atom. The summed E-state index contributed by atoms with van der Waals surface area (Å²) in [5, 5.41) is 2.60. The molecule has 2 aliphatic heterocycles.